The van der Waals surface area contributed by atoms with Gasteiger partial charge in [0.15, 0.2) is 0 Å². The van der Waals surface area contributed by atoms with Gasteiger partial charge >= 0.3 is 0 Å². The van der Waals surface area contributed by atoms with Crippen molar-refractivity contribution in [1.29, 1.82) is 0 Å². The zero-order valence-electron chi connectivity index (χ0n) is 20.1. The van der Waals surface area contributed by atoms with E-state index in [1.54, 1.807) is 6.92 Å². The van der Waals surface area contributed by atoms with Crippen LogP contribution < -0.4 is 10.2 Å². The monoisotopic (exact) mass is 458 g/mol. The van der Waals surface area contributed by atoms with Crippen LogP contribution in [-0.2, 0) is 0 Å². The maximum absolute atomic E-state index is 13.9. The van der Waals surface area contributed by atoms with E-state index in [-0.39, 0.29) is 11.5 Å². The van der Waals surface area contributed by atoms with Crippen molar-refractivity contribution < 1.29 is 9.18 Å². The van der Waals surface area contributed by atoms with E-state index in [1.165, 1.54) is 19.0 Å². The van der Waals surface area contributed by atoms with Crippen LogP contribution in [0.25, 0.3) is 5.57 Å². The lowest BCUT2D eigenvalue weighted by molar-refractivity contribution is 0.0965. The number of hydrogen-bond acceptors (Lipinski definition) is 4. The SMILES string of the molecule is CC=C(C1=CCCC(C)=C(NC(=O)c2cncc(F)c2C)C=C1)c1ccc(N2CCCC2)nc1. The normalized spacial score (nSPS) is 16.9. The first-order chi connectivity index (χ1) is 16.5. The number of anilines is 1. The molecule has 6 heteroatoms. The molecule has 2 aromatic rings. The molecule has 1 fully saturated rings. The van der Waals surface area contributed by atoms with Gasteiger partial charge in [-0.3, -0.25) is 9.78 Å². The summed E-state index contributed by atoms with van der Waals surface area (Å²) in [5, 5.41) is 2.96. The Morgan fingerprint density at radius 3 is 2.62 bits per heavy atom. The molecule has 1 amide bonds. The Kier molecular flexibility index (Phi) is 7.36. The van der Waals surface area contributed by atoms with E-state index in [4.69, 9.17) is 4.98 Å². The Morgan fingerprint density at radius 2 is 1.91 bits per heavy atom. The number of hydrogen-bond donors (Lipinski definition) is 1. The van der Waals surface area contributed by atoms with Crippen LogP contribution in [0.15, 0.2) is 71.9 Å². The Hall–Kier alpha value is -3.54. The van der Waals surface area contributed by atoms with Crippen molar-refractivity contribution in [3.05, 3.63) is 94.4 Å². The zero-order valence-corrected chi connectivity index (χ0v) is 20.1. The lowest BCUT2D eigenvalue weighted by Gasteiger charge is -2.18. The molecule has 0 unspecified atom stereocenters. The molecule has 4 rings (SSSR count). The molecule has 2 aliphatic rings. The number of pyridine rings is 2. The molecule has 0 spiro atoms. The van der Waals surface area contributed by atoms with Gasteiger partial charge in [-0.15, -0.1) is 0 Å². The van der Waals surface area contributed by atoms with Gasteiger partial charge in [-0.05, 0) is 81.4 Å². The molecule has 0 radical (unpaired) electrons. The minimum atomic E-state index is -0.487. The molecule has 1 saturated heterocycles. The molecule has 0 aromatic carbocycles. The number of allylic oxidation sites excluding steroid dienone is 7. The van der Waals surface area contributed by atoms with Crippen molar-refractivity contribution in [3.8, 4) is 0 Å². The Bertz CT molecular complexity index is 1190. The fourth-order valence-corrected chi connectivity index (χ4v) is 4.41. The fourth-order valence-electron chi connectivity index (χ4n) is 4.41. The summed E-state index contributed by atoms with van der Waals surface area (Å²) in [7, 11) is 0. The minimum absolute atomic E-state index is 0.241. The lowest BCUT2D eigenvalue weighted by Crippen LogP contribution is -2.24. The molecule has 0 bridgehead atoms. The van der Waals surface area contributed by atoms with Crippen molar-refractivity contribution in [3.63, 3.8) is 0 Å². The summed E-state index contributed by atoms with van der Waals surface area (Å²) < 4.78 is 13.9. The van der Waals surface area contributed by atoms with Crippen LogP contribution in [0.2, 0.25) is 0 Å². The summed E-state index contributed by atoms with van der Waals surface area (Å²) in [5.74, 6) is 0.186. The van der Waals surface area contributed by atoms with E-state index in [0.29, 0.717) is 5.56 Å². The standard InChI is InChI=1S/C28H31FN4O/c1-4-23(22-11-13-27(31-16-22)33-14-5-6-15-33)21-9-7-8-19(2)26(12-10-21)32-28(34)24-17-30-18-25(29)20(24)3/h4,9-13,16-18H,5-8,14-15H2,1-3H3,(H,32,34). The van der Waals surface area contributed by atoms with Crippen molar-refractivity contribution in [2.45, 2.75) is 46.5 Å². The zero-order chi connectivity index (χ0) is 24.1. The maximum atomic E-state index is 13.9. The van der Waals surface area contributed by atoms with Gasteiger partial charge in [-0.1, -0.05) is 18.2 Å². The van der Waals surface area contributed by atoms with Crippen LogP contribution in [0.1, 0.15) is 61.0 Å². The van der Waals surface area contributed by atoms with Gasteiger partial charge in [-0.2, -0.15) is 0 Å². The van der Waals surface area contributed by atoms with Gasteiger partial charge < -0.3 is 10.2 Å². The third-order valence-electron chi connectivity index (χ3n) is 6.51. The van der Waals surface area contributed by atoms with Crippen LogP contribution in [-0.4, -0.2) is 29.0 Å². The smallest absolute Gasteiger partial charge is 0.257 e. The van der Waals surface area contributed by atoms with E-state index in [9.17, 15) is 9.18 Å². The summed E-state index contributed by atoms with van der Waals surface area (Å²) in [5.41, 5.74) is 5.59. The van der Waals surface area contributed by atoms with Crippen LogP contribution in [0.4, 0.5) is 10.2 Å². The third-order valence-corrected chi connectivity index (χ3v) is 6.51. The predicted molar refractivity (Wildman–Crippen MR) is 135 cm³/mol. The second-order valence-electron chi connectivity index (χ2n) is 8.78. The molecule has 1 N–H and O–H groups in total. The largest absolute Gasteiger partial charge is 0.357 e. The van der Waals surface area contributed by atoms with Gasteiger partial charge in [0.1, 0.15) is 11.6 Å². The summed E-state index contributed by atoms with van der Waals surface area (Å²) in [6, 6.07) is 4.23. The number of rotatable bonds is 5. The average molecular weight is 459 g/mol. The number of carbonyl (C=O) groups is 1. The van der Waals surface area contributed by atoms with Crippen LogP contribution >= 0.6 is 0 Å². The first-order valence-electron chi connectivity index (χ1n) is 11.9. The molecular formula is C28H31FN4O. The van der Waals surface area contributed by atoms with Crippen molar-refractivity contribution in [1.82, 2.24) is 15.3 Å². The van der Waals surface area contributed by atoms with E-state index in [0.717, 1.165) is 65.9 Å². The highest BCUT2D eigenvalue weighted by Gasteiger charge is 2.16. The van der Waals surface area contributed by atoms with Gasteiger partial charge in [0.2, 0.25) is 0 Å². The quantitative estimate of drug-likeness (QED) is 0.605. The molecule has 2 aromatic heterocycles. The van der Waals surface area contributed by atoms with Crippen LogP contribution in [0, 0.1) is 12.7 Å². The van der Waals surface area contributed by atoms with E-state index >= 15 is 0 Å². The predicted octanol–water partition coefficient (Wildman–Crippen LogP) is 5.91. The maximum Gasteiger partial charge on any atom is 0.257 e. The van der Waals surface area contributed by atoms with E-state index < -0.39 is 5.82 Å². The topological polar surface area (TPSA) is 58.1 Å². The molecule has 34 heavy (non-hydrogen) atoms. The van der Waals surface area contributed by atoms with Crippen LogP contribution in [0.5, 0.6) is 0 Å². The lowest BCUT2D eigenvalue weighted by atomic mass is 9.94. The summed E-state index contributed by atoms with van der Waals surface area (Å²) in [4.78, 5) is 23.7. The van der Waals surface area contributed by atoms with Gasteiger partial charge in [0.25, 0.3) is 5.91 Å². The highest BCUT2D eigenvalue weighted by molar-refractivity contribution is 5.96. The molecule has 0 saturated carbocycles. The summed E-state index contributed by atoms with van der Waals surface area (Å²) >= 11 is 0. The van der Waals surface area contributed by atoms with Crippen molar-refractivity contribution in [2.75, 3.05) is 18.0 Å². The van der Waals surface area contributed by atoms with Crippen molar-refractivity contribution >= 4 is 17.3 Å². The Labute approximate surface area is 200 Å². The van der Waals surface area contributed by atoms with E-state index in [1.807, 2.05) is 32.2 Å². The van der Waals surface area contributed by atoms with Gasteiger partial charge in [0.05, 0.1) is 11.8 Å². The number of nitrogens with zero attached hydrogens (tertiary/aromatic N) is 3. The highest BCUT2D eigenvalue weighted by Crippen LogP contribution is 2.29. The van der Waals surface area contributed by atoms with Gasteiger partial charge in [0, 0.05) is 42.3 Å². The average Bonchev–Trinajstić information content (AvgIpc) is 3.37. The number of halogens is 1. The second-order valence-corrected chi connectivity index (χ2v) is 8.78. The second kappa shape index (κ2) is 10.6. The highest BCUT2D eigenvalue weighted by atomic mass is 19.1. The summed E-state index contributed by atoms with van der Waals surface area (Å²) in [6.07, 6.45) is 16.9. The number of aromatic nitrogens is 2. The number of amides is 1. The number of nitrogens with one attached hydrogen (secondary N) is 1. The molecule has 3 heterocycles. The molecular weight excluding hydrogens is 427 g/mol. The Morgan fingerprint density at radius 1 is 1.12 bits per heavy atom. The van der Waals surface area contributed by atoms with Gasteiger partial charge in [-0.25, -0.2) is 9.37 Å². The van der Waals surface area contributed by atoms with E-state index in [2.05, 4.69) is 39.5 Å². The molecule has 1 aliphatic heterocycles. The fraction of sp³-hybridized carbons (Fsp3) is 0.321. The first-order valence-corrected chi connectivity index (χ1v) is 11.9. The minimum Gasteiger partial charge on any atom is -0.357 e. The first kappa shape index (κ1) is 23.6. The summed E-state index contributed by atoms with van der Waals surface area (Å²) in [6.45, 7) is 7.77. The molecule has 176 valence electrons. The van der Waals surface area contributed by atoms with Crippen LogP contribution in [0.3, 0.4) is 0 Å². The number of carbonyl (C=O) groups excluding carboxylic acids is 1. The molecule has 0 atom stereocenters. The molecule has 1 aliphatic carbocycles. The third kappa shape index (κ3) is 5.16. The molecule has 5 nitrogen and oxygen atoms in total. The van der Waals surface area contributed by atoms with Crippen molar-refractivity contribution in [2.24, 2.45) is 0 Å². The Balaban J connectivity index is 1.54.